The maximum absolute atomic E-state index is 13.4. The minimum atomic E-state index is -1.08. The molecule has 26 heavy (non-hydrogen) atoms. The predicted molar refractivity (Wildman–Crippen MR) is 90.0 cm³/mol. The average Bonchev–Trinajstić information content (AvgIpc) is 3.20. The molecule has 0 atom stereocenters. The Bertz CT molecular complexity index is 999. The molecule has 0 saturated carbocycles. The molecule has 3 aromatic rings. The highest BCUT2D eigenvalue weighted by Crippen LogP contribution is 2.42. The smallest absolute Gasteiger partial charge is 0.261 e. The zero-order chi connectivity index (χ0) is 18.3. The normalized spacial score (nSPS) is 13.5. The largest absolute Gasteiger partial charge is 0.376 e. The number of anilines is 1. The van der Waals surface area contributed by atoms with Crippen LogP contribution in [-0.4, -0.2) is 22.7 Å². The summed E-state index contributed by atoms with van der Waals surface area (Å²) >= 11 is 1.34. The number of aryl methyl sites for hydroxylation is 1. The van der Waals surface area contributed by atoms with Crippen LogP contribution in [0.4, 0.5) is 13.8 Å². The quantitative estimate of drug-likeness (QED) is 0.753. The molecule has 9 heteroatoms. The van der Waals surface area contributed by atoms with Crippen molar-refractivity contribution in [3.63, 3.8) is 0 Å². The van der Waals surface area contributed by atoms with E-state index in [2.05, 4.69) is 15.5 Å². The molecule has 1 aromatic carbocycles. The molecule has 1 amide bonds. The third-order valence-corrected chi connectivity index (χ3v) is 5.09. The van der Waals surface area contributed by atoms with Crippen molar-refractivity contribution >= 4 is 22.2 Å². The summed E-state index contributed by atoms with van der Waals surface area (Å²) in [5, 5.41) is 7.06. The van der Waals surface area contributed by atoms with E-state index < -0.39 is 17.5 Å². The number of hydrogen-bond donors (Lipinski definition) is 1. The van der Waals surface area contributed by atoms with Gasteiger partial charge in [-0.05, 0) is 37.1 Å². The lowest BCUT2D eigenvalue weighted by Gasteiger charge is -2.12. The zero-order valence-corrected chi connectivity index (χ0v) is 14.5. The molecule has 6 nitrogen and oxygen atoms in total. The van der Waals surface area contributed by atoms with Crippen molar-refractivity contribution in [3.05, 3.63) is 51.7 Å². The molecule has 0 spiro atoms. The summed E-state index contributed by atoms with van der Waals surface area (Å²) in [7, 11) is 0. The number of carbonyl (C=O) groups excluding carboxylic acids is 1. The van der Waals surface area contributed by atoms with Crippen LogP contribution in [0.2, 0.25) is 0 Å². The first-order valence-electron chi connectivity index (χ1n) is 7.82. The average molecular weight is 377 g/mol. The Balaban J connectivity index is 1.72. The number of aromatic nitrogens is 2. The van der Waals surface area contributed by atoms with E-state index in [1.165, 1.54) is 17.4 Å². The predicted octanol–water partition coefficient (Wildman–Crippen LogP) is 3.71. The summed E-state index contributed by atoms with van der Waals surface area (Å²) < 4.78 is 37.2. The monoisotopic (exact) mass is 377 g/mol. The molecule has 0 radical (unpaired) electrons. The number of rotatable bonds is 3. The highest BCUT2D eigenvalue weighted by atomic mass is 32.1. The van der Waals surface area contributed by atoms with Crippen LogP contribution in [-0.2, 0) is 17.8 Å². The lowest BCUT2D eigenvalue weighted by Crippen LogP contribution is -2.12. The Kier molecular flexibility index (Phi) is 4.25. The second-order valence-electron chi connectivity index (χ2n) is 5.74. The van der Waals surface area contributed by atoms with E-state index in [0.717, 1.165) is 22.6 Å². The van der Waals surface area contributed by atoms with Gasteiger partial charge in [0.15, 0.2) is 17.5 Å². The van der Waals surface area contributed by atoms with Crippen molar-refractivity contribution in [2.45, 2.75) is 20.0 Å². The number of carbonyl (C=O) groups is 1. The van der Waals surface area contributed by atoms with E-state index >= 15 is 0 Å². The summed E-state index contributed by atoms with van der Waals surface area (Å²) in [5.41, 5.74) is 1.66. The minimum Gasteiger partial charge on any atom is -0.376 e. The van der Waals surface area contributed by atoms with E-state index in [1.807, 2.05) is 0 Å². The first-order valence-corrected chi connectivity index (χ1v) is 8.64. The van der Waals surface area contributed by atoms with Gasteiger partial charge in [-0.25, -0.2) is 8.78 Å². The van der Waals surface area contributed by atoms with Gasteiger partial charge in [-0.15, -0.1) is 11.3 Å². The maximum atomic E-state index is 13.4. The van der Waals surface area contributed by atoms with E-state index in [4.69, 9.17) is 9.26 Å². The van der Waals surface area contributed by atoms with Gasteiger partial charge in [0.2, 0.25) is 0 Å². The molecule has 1 aliphatic rings. The number of nitrogens with one attached hydrogen (secondary N) is 1. The summed E-state index contributed by atoms with van der Waals surface area (Å²) in [4.78, 5) is 17.7. The molecule has 0 aliphatic carbocycles. The van der Waals surface area contributed by atoms with Crippen molar-refractivity contribution in [1.82, 2.24) is 10.1 Å². The van der Waals surface area contributed by atoms with Crippen LogP contribution in [0.5, 0.6) is 0 Å². The second-order valence-corrected chi connectivity index (χ2v) is 6.85. The third-order valence-electron chi connectivity index (χ3n) is 3.97. The summed E-state index contributed by atoms with van der Waals surface area (Å²) in [5.74, 6) is -1.86. The number of halogens is 2. The molecule has 4 rings (SSSR count). The number of thiophene rings is 1. The fraction of sp³-hybridized carbons (Fsp3) is 0.235. The fourth-order valence-electron chi connectivity index (χ4n) is 2.76. The van der Waals surface area contributed by atoms with Gasteiger partial charge in [0.05, 0.1) is 18.8 Å². The topological polar surface area (TPSA) is 77.2 Å². The van der Waals surface area contributed by atoms with Crippen molar-refractivity contribution in [1.29, 1.82) is 0 Å². The third kappa shape index (κ3) is 2.99. The van der Waals surface area contributed by atoms with Crippen LogP contribution in [0, 0.1) is 18.6 Å². The molecule has 0 bridgehead atoms. The lowest BCUT2D eigenvalue weighted by molar-refractivity contribution is 0.102. The molecule has 3 heterocycles. The standard InChI is InChI=1S/C17H13F2N3O3S/c1-8-20-16(25-22-8)14-10-4-5-24-7-13(10)26-17(14)21-15(23)9-2-3-11(18)12(19)6-9/h2-3,6H,4-5,7H2,1H3,(H,21,23). The Morgan fingerprint density at radius 2 is 2.15 bits per heavy atom. The van der Waals surface area contributed by atoms with Crippen LogP contribution in [0.15, 0.2) is 22.7 Å². The number of fused-ring (bicyclic) bond motifs is 1. The van der Waals surface area contributed by atoms with E-state index in [9.17, 15) is 13.6 Å². The molecule has 0 saturated heterocycles. The van der Waals surface area contributed by atoms with Gasteiger partial charge in [-0.1, -0.05) is 5.16 Å². The van der Waals surface area contributed by atoms with Crippen molar-refractivity contribution in [2.75, 3.05) is 11.9 Å². The fourth-order valence-corrected chi connectivity index (χ4v) is 3.93. The Labute approximate surface area is 150 Å². The molecule has 134 valence electrons. The number of nitrogens with zero attached hydrogens (tertiary/aromatic N) is 2. The maximum Gasteiger partial charge on any atom is 0.261 e. The van der Waals surface area contributed by atoms with Crippen LogP contribution in [0.3, 0.4) is 0 Å². The first kappa shape index (κ1) is 16.8. The van der Waals surface area contributed by atoms with E-state index in [1.54, 1.807) is 6.92 Å². The Morgan fingerprint density at radius 3 is 2.88 bits per heavy atom. The summed E-state index contributed by atoms with van der Waals surface area (Å²) in [6, 6.07) is 3.00. The first-order chi connectivity index (χ1) is 12.5. The second kappa shape index (κ2) is 6.58. The van der Waals surface area contributed by atoms with Gasteiger partial charge in [0.25, 0.3) is 11.8 Å². The van der Waals surface area contributed by atoms with E-state index in [0.29, 0.717) is 41.9 Å². The minimum absolute atomic E-state index is 0.0131. The lowest BCUT2D eigenvalue weighted by atomic mass is 10.1. The molecule has 0 unspecified atom stereocenters. The Hall–Kier alpha value is -2.65. The van der Waals surface area contributed by atoms with Gasteiger partial charge in [0, 0.05) is 10.4 Å². The van der Waals surface area contributed by atoms with Crippen LogP contribution < -0.4 is 5.32 Å². The molecule has 2 aromatic heterocycles. The van der Waals surface area contributed by atoms with Crippen molar-refractivity contribution in [3.8, 4) is 11.5 Å². The van der Waals surface area contributed by atoms with Crippen molar-refractivity contribution in [2.24, 2.45) is 0 Å². The molecule has 0 fully saturated rings. The van der Waals surface area contributed by atoms with Gasteiger partial charge in [0.1, 0.15) is 5.00 Å². The molecular weight excluding hydrogens is 364 g/mol. The van der Waals surface area contributed by atoms with Gasteiger partial charge in [-0.3, -0.25) is 4.79 Å². The molecular formula is C17H13F2N3O3S. The Morgan fingerprint density at radius 1 is 1.31 bits per heavy atom. The van der Waals surface area contributed by atoms with Crippen molar-refractivity contribution < 1.29 is 22.8 Å². The number of amides is 1. The molecule has 1 aliphatic heterocycles. The summed E-state index contributed by atoms with van der Waals surface area (Å²) in [6.45, 7) is 2.69. The SMILES string of the molecule is Cc1noc(-c2c(NC(=O)c3ccc(F)c(F)c3)sc3c2CCOC3)n1. The van der Waals surface area contributed by atoms with Crippen LogP contribution >= 0.6 is 11.3 Å². The summed E-state index contributed by atoms with van der Waals surface area (Å²) in [6.07, 6.45) is 0.656. The van der Waals surface area contributed by atoms with Gasteiger partial charge < -0.3 is 14.6 Å². The zero-order valence-electron chi connectivity index (χ0n) is 13.6. The molecule has 1 N–H and O–H groups in total. The number of ether oxygens (including phenoxy) is 1. The number of hydrogen-bond acceptors (Lipinski definition) is 6. The van der Waals surface area contributed by atoms with Gasteiger partial charge >= 0.3 is 0 Å². The highest BCUT2D eigenvalue weighted by molar-refractivity contribution is 7.17. The highest BCUT2D eigenvalue weighted by Gasteiger charge is 2.27. The van der Waals surface area contributed by atoms with Crippen LogP contribution in [0.1, 0.15) is 26.6 Å². The van der Waals surface area contributed by atoms with Crippen LogP contribution in [0.25, 0.3) is 11.5 Å². The van der Waals surface area contributed by atoms with Gasteiger partial charge in [-0.2, -0.15) is 4.98 Å². The number of benzene rings is 1. The van der Waals surface area contributed by atoms with E-state index in [-0.39, 0.29) is 5.56 Å².